The van der Waals surface area contributed by atoms with E-state index in [1.165, 1.54) is 0 Å². The molecule has 88 valence electrons. The fraction of sp³-hybridized carbons (Fsp3) is 0.909. The van der Waals surface area contributed by atoms with Crippen molar-refractivity contribution in [3.63, 3.8) is 0 Å². The lowest BCUT2D eigenvalue weighted by molar-refractivity contribution is -0.139. The number of carboxylic acids is 1. The maximum atomic E-state index is 10.9. The average molecular weight is 215 g/mol. The predicted molar refractivity (Wildman–Crippen MR) is 57.7 cm³/mol. The van der Waals surface area contributed by atoms with Crippen LogP contribution in [0.15, 0.2) is 0 Å². The van der Waals surface area contributed by atoms with E-state index in [0.29, 0.717) is 13.0 Å². The van der Waals surface area contributed by atoms with Crippen LogP contribution in [0.3, 0.4) is 0 Å². The number of hydrogen-bond acceptors (Lipinski definition) is 3. The first-order valence-electron chi connectivity index (χ1n) is 5.70. The van der Waals surface area contributed by atoms with Gasteiger partial charge in [-0.25, -0.2) is 0 Å². The standard InChI is InChI=1S/C11H21NO3/c1-2-3-4-9(10(14)15)12-7-11(8-13)5-6-11/h9,12-13H,2-8H2,1H3,(H,14,15). The summed E-state index contributed by atoms with van der Waals surface area (Å²) in [5.41, 5.74) is -0.0140. The molecule has 1 rings (SSSR count). The minimum Gasteiger partial charge on any atom is -0.480 e. The molecule has 0 bridgehead atoms. The smallest absolute Gasteiger partial charge is 0.320 e. The number of carbonyl (C=O) groups is 1. The molecule has 0 spiro atoms. The van der Waals surface area contributed by atoms with E-state index in [4.69, 9.17) is 10.2 Å². The number of aliphatic hydroxyl groups excluding tert-OH is 1. The molecule has 3 N–H and O–H groups in total. The van der Waals surface area contributed by atoms with Gasteiger partial charge in [0.25, 0.3) is 0 Å². The van der Waals surface area contributed by atoms with Crippen LogP contribution in [0.25, 0.3) is 0 Å². The monoisotopic (exact) mass is 215 g/mol. The van der Waals surface area contributed by atoms with Crippen molar-refractivity contribution in [3.8, 4) is 0 Å². The molecule has 4 nitrogen and oxygen atoms in total. The minimum atomic E-state index is -0.780. The Kier molecular flexibility index (Phi) is 4.54. The summed E-state index contributed by atoms with van der Waals surface area (Å²) < 4.78 is 0. The van der Waals surface area contributed by atoms with Crippen LogP contribution >= 0.6 is 0 Å². The highest BCUT2D eigenvalue weighted by molar-refractivity contribution is 5.73. The van der Waals surface area contributed by atoms with Gasteiger partial charge in [0.05, 0.1) is 0 Å². The van der Waals surface area contributed by atoms with Gasteiger partial charge in [-0.2, -0.15) is 0 Å². The van der Waals surface area contributed by atoms with E-state index in [-0.39, 0.29) is 12.0 Å². The summed E-state index contributed by atoms with van der Waals surface area (Å²) in [6, 6.07) is -0.450. The fourth-order valence-electron chi connectivity index (χ4n) is 1.63. The third-order valence-corrected chi connectivity index (χ3v) is 3.16. The largest absolute Gasteiger partial charge is 0.480 e. The Morgan fingerprint density at radius 3 is 2.60 bits per heavy atom. The number of nitrogens with one attached hydrogen (secondary N) is 1. The van der Waals surface area contributed by atoms with E-state index in [9.17, 15) is 4.79 Å². The molecular weight excluding hydrogens is 194 g/mol. The Labute approximate surface area is 90.7 Å². The lowest BCUT2D eigenvalue weighted by atomic mass is 10.1. The number of rotatable bonds is 8. The Morgan fingerprint density at radius 2 is 2.20 bits per heavy atom. The summed E-state index contributed by atoms with van der Waals surface area (Å²) in [5.74, 6) is -0.780. The van der Waals surface area contributed by atoms with E-state index in [1.54, 1.807) is 0 Å². The number of aliphatic carboxylic acids is 1. The molecule has 4 heteroatoms. The normalized spacial score (nSPS) is 19.9. The molecule has 0 saturated heterocycles. The molecule has 1 saturated carbocycles. The summed E-state index contributed by atoms with van der Waals surface area (Å²) in [6.45, 7) is 2.85. The molecular formula is C11H21NO3. The van der Waals surface area contributed by atoms with Crippen LogP contribution in [0.2, 0.25) is 0 Å². The zero-order valence-electron chi connectivity index (χ0n) is 9.33. The van der Waals surface area contributed by atoms with Crippen LogP contribution in [0, 0.1) is 5.41 Å². The van der Waals surface area contributed by atoms with Crippen LogP contribution in [-0.4, -0.2) is 35.4 Å². The lowest BCUT2D eigenvalue weighted by Crippen LogP contribution is -2.40. The van der Waals surface area contributed by atoms with Crippen molar-refractivity contribution in [2.24, 2.45) is 5.41 Å². The molecule has 1 fully saturated rings. The molecule has 1 aliphatic rings. The molecule has 0 amide bonds. The van der Waals surface area contributed by atoms with Gasteiger partial charge in [0.2, 0.25) is 0 Å². The van der Waals surface area contributed by atoms with Gasteiger partial charge in [0.15, 0.2) is 0 Å². The van der Waals surface area contributed by atoms with Crippen molar-refractivity contribution in [3.05, 3.63) is 0 Å². The summed E-state index contributed by atoms with van der Waals surface area (Å²) in [4.78, 5) is 10.9. The average Bonchev–Trinajstić information content (AvgIpc) is 2.98. The van der Waals surface area contributed by atoms with Gasteiger partial charge in [0.1, 0.15) is 6.04 Å². The molecule has 0 aromatic carbocycles. The number of unbranched alkanes of at least 4 members (excludes halogenated alkanes) is 1. The quantitative estimate of drug-likeness (QED) is 0.565. The molecule has 0 radical (unpaired) electrons. The second kappa shape index (κ2) is 5.47. The van der Waals surface area contributed by atoms with Gasteiger partial charge in [-0.15, -0.1) is 0 Å². The van der Waals surface area contributed by atoms with Crippen molar-refractivity contribution in [2.45, 2.75) is 45.1 Å². The maximum Gasteiger partial charge on any atom is 0.320 e. The zero-order chi connectivity index (χ0) is 11.3. The molecule has 0 aromatic heterocycles. The van der Waals surface area contributed by atoms with Crippen molar-refractivity contribution in [2.75, 3.05) is 13.2 Å². The van der Waals surface area contributed by atoms with Gasteiger partial charge >= 0.3 is 5.97 Å². The third kappa shape index (κ3) is 3.80. The van der Waals surface area contributed by atoms with Crippen molar-refractivity contribution < 1.29 is 15.0 Å². The van der Waals surface area contributed by atoms with E-state index in [1.807, 2.05) is 0 Å². The maximum absolute atomic E-state index is 10.9. The predicted octanol–water partition coefficient (Wildman–Crippen LogP) is 0.992. The highest BCUT2D eigenvalue weighted by Crippen LogP contribution is 2.44. The molecule has 0 aliphatic heterocycles. The van der Waals surface area contributed by atoms with E-state index >= 15 is 0 Å². The minimum absolute atomic E-state index is 0.0140. The van der Waals surface area contributed by atoms with Crippen LogP contribution in [0.1, 0.15) is 39.0 Å². The van der Waals surface area contributed by atoms with Crippen molar-refractivity contribution >= 4 is 5.97 Å². The summed E-state index contributed by atoms with van der Waals surface area (Å²) >= 11 is 0. The van der Waals surface area contributed by atoms with Crippen LogP contribution < -0.4 is 5.32 Å². The zero-order valence-corrected chi connectivity index (χ0v) is 9.33. The van der Waals surface area contributed by atoms with Crippen LogP contribution in [0.4, 0.5) is 0 Å². The summed E-state index contributed by atoms with van der Waals surface area (Å²) in [7, 11) is 0. The van der Waals surface area contributed by atoms with E-state index in [2.05, 4.69) is 12.2 Å². The first-order valence-corrected chi connectivity index (χ1v) is 5.70. The number of aliphatic hydroxyl groups is 1. The van der Waals surface area contributed by atoms with Gasteiger partial charge in [0, 0.05) is 18.6 Å². The molecule has 0 heterocycles. The summed E-state index contributed by atoms with van der Waals surface area (Å²) in [6.07, 6.45) is 4.63. The first kappa shape index (κ1) is 12.5. The second-order valence-corrected chi connectivity index (χ2v) is 4.57. The topological polar surface area (TPSA) is 69.6 Å². The second-order valence-electron chi connectivity index (χ2n) is 4.57. The molecule has 15 heavy (non-hydrogen) atoms. The van der Waals surface area contributed by atoms with Gasteiger partial charge in [-0.3, -0.25) is 4.79 Å². The highest BCUT2D eigenvalue weighted by Gasteiger charge is 2.42. The van der Waals surface area contributed by atoms with Crippen LogP contribution in [0.5, 0.6) is 0 Å². The Morgan fingerprint density at radius 1 is 1.53 bits per heavy atom. The van der Waals surface area contributed by atoms with Gasteiger partial charge < -0.3 is 15.5 Å². The van der Waals surface area contributed by atoms with Gasteiger partial charge in [-0.05, 0) is 19.3 Å². The SMILES string of the molecule is CCCCC(NCC1(CO)CC1)C(=O)O. The lowest BCUT2D eigenvalue weighted by Gasteiger charge is -2.18. The first-order chi connectivity index (χ1) is 7.13. The van der Waals surface area contributed by atoms with E-state index in [0.717, 1.165) is 25.7 Å². The summed E-state index contributed by atoms with van der Waals surface area (Å²) in [5, 5.41) is 21.1. The van der Waals surface area contributed by atoms with Crippen molar-refractivity contribution in [1.82, 2.24) is 5.32 Å². The van der Waals surface area contributed by atoms with E-state index < -0.39 is 12.0 Å². The molecule has 1 aliphatic carbocycles. The fourth-order valence-corrected chi connectivity index (χ4v) is 1.63. The third-order valence-electron chi connectivity index (χ3n) is 3.16. The molecule has 0 aromatic rings. The van der Waals surface area contributed by atoms with Crippen molar-refractivity contribution in [1.29, 1.82) is 0 Å². The van der Waals surface area contributed by atoms with Gasteiger partial charge in [-0.1, -0.05) is 19.8 Å². The Bertz CT molecular complexity index is 214. The Balaban J connectivity index is 2.28. The molecule has 1 atom stereocenters. The number of carboxylic acid groups (broad SMARTS) is 1. The molecule has 1 unspecified atom stereocenters. The van der Waals surface area contributed by atoms with Crippen LogP contribution in [-0.2, 0) is 4.79 Å². The highest BCUT2D eigenvalue weighted by atomic mass is 16.4. The number of hydrogen-bond donors (Lipinski definition) is 3. The Hall–Kier alpha value is -0.610.